The van der Waals surface area contributed by atoms with Gasteiger partial charge in [0.05, 0.1) is 5.69 Å². The van der Waals surface area contributed by atoms with Gasteiger partial charge in [0.1, 0.15) is 5.82 Å². The second kappa shape index (κ2) is 4.93. The van der Waals surface area contributed by atoms with Crippen LogP contribution in [-0.2, 0) is 4.79 Å². The average molecular weight is 308 g/mol. The van der Waals surface area contributed by atoms with Gasteiger partial charge in [-0.15, -0.1) is 0 Å². The van der Waals surface area contributed by atoms with Crippen LogP contribution in [0.2, 0.25) is 10.0 Å². The highest BCUT2D eigenvalue weighted by Crippen LogP contribution is 2.35. The molecule has 1 N–H and O–H groups in total. The molecule has 0 fully saturated rings. The number of nitrogens with one attached hydrogen (secondary N) is 1. The van der Waals surface area contributed by atoms with Gasteiger partial charge in [0.2, 0.25) is 0 Å². The predicted molar refractivity (Wildman–Crippen MR) is 79.4 cm³/mol. The molecule has 3 rings (SSSR count). The largest absolute Gasteiger partial charge is 0.321 e. The van der Waals surface area contributed by atoms with E-state index in [1.807, 2.05) is 0 Å². The van der Waals surface area contributed by atoms with Crippen molar-refractivity contribution >= 4 is 46.4 Å². The Morgan fingerprint density at radius 2 is 1.75 bits per heavy atom. The molecular formula is C15H8Cl2FNO. The Labute approximate surface area is 124 Å². The van der Waals surface area contributed by atoms with Gasteiger partial charge in [-0.25, -0.2) is 4.39 Å². The third kappa shape index (κ3) is 2.30. The molecule has 2 nitrogen and oxygen atoms in total. The Morgan fingerprint density at radius 1 is 1.05 bits per heavy atom. The molecule has 1 aliphatic heterocycles. The first-order valence-electron chi connectivity index (χ1n) is 5.82. The summed E-state index contributed by atoms with van der Waals surface area (Å²) < 4.78 is 13.7. The zero-order valence-electron chi connectivity index (χ0n) is 10.1. The molecule has 5 heteroatoms. The van der Waals surface area contributed by atoms with Crippen LogP contribution in [0.15, 0.2) is 36.4 Å². The molecule has 0 bridgehead atoms. The zero-order chi connectivity index (χ0) is 14.3. The van der Waals surface area contributed by atoms with Crippen LogP contribution in [0.3, 0.4) is 0 Å². The lowest BCUT2D eigenvalue weighted by Crippen LogP contribution is -2.03. The number of carbonyl (C=O) groups excluding carboxylic acids is 1. The van der Waals surface area contributed by atoms with E-state index >= 15 is 0 Å². The summed E-state index contributed by atoms with van der Waals surface area (Å²) in [5.41, 5.74) is 1.97. The average Bonchev–Trinajstić information content (AvgIpc) is 2.69. The first kappa shape index (κ1) is 13.2. The Morgan fingerprint density at radius 3 is 2.55 bits per heavy atom. The van der Waals surface area contributed by atoms with E-state index in [9.17, 15) is 9.18 Å². The highest BCUT2D eigenvalue weighted by molar-refractivity contribution is 6.36. The summed E-state index contributed by atoms with van der Waals surface area (Å²) in [5.74, 6) is -0.723. The van der Waals surface area contributed by atoms with E-state index in [2.05, 4.69) is 5.32 Å². The maximum atomic E-state index is 13.7. The maximum Gasteiger partial charge on any atom is 0.256 e. The fourth-order valence-electron chi connectivity index (χ4n) is 2.09. The van der Waals surface area contributed by atoms with E-state index in [0.29, 0.717) is 26.9 Å². The summed E-state index contributed by atoms with van der Waals surface area (Å²) in [4.78, 5) is 12.0. The molecule has 100 valence electrons. The highest BCUT2D eigenvalue weighted by atomic mass is 35.5. The van der Waals surface area contributed by atoms with E-state index in [1.54, 1.807) is 18.2 Å². The van der Waals surface area contributed by atoms with Gasteiger partial charge in [-0.05, 0) is 36.4 Å². The second-order valence-corrected chi connectivity index (χ2v) is 5.24. The molecule has 2 aromatic carbocycles. The van der Waals surface area contributed by atoms with Gasteiger partial charge in [0, 0.05) is 26.7 Å². The van der Waals surface area contributed by atoms with Crippen molar-refractivity contribution in [1.82, 2.24) is 0 Å². The van der Waals surface area contributed by atoms with Gasteiger partial charge in [-0.2, -0.15) is 0 Å². The normalized spacial score (nSPS) is 15.3. The topological polar surface area (TPSA) is 29.1 Å². The van der Waals surface area contributed by atoms with E-state index in [-0.39, 0.29) is 11.5 Å². The first-order chi connectivity index (χ1) is 9.54. The fourth-order valence-corrected chi connectivity index (χ4v) is 2.44. The van der Waals surface area contributed by atoms with Gasteiger partial charge < -0.3 is 5.32 Å². The summed E-state index contributed by atoms with van der Waals surface area (Å²) in [6.45, 7) is 0. The van der Waals surface area contributed by atoms with Crippen molar-refractivity contribution in [2.45, 2.75) is 0 Å². The summed E-state index contributed by atoms with van der Waals surface area (Å²) in [5, 5.41) is 3.63. The summed E-state index contributed by atoms with van der Waals surface area (Å²) in [6, 6.07) is 9.27. The number of hydrogen-bond acceptors (Lipinski definition) is 1. The minimum atomic E-state index is -0.433. The number of hydrogen-bond donors (Lipinski definition) is 1. The third-order valence-electron chi connectivity index (χ3n) is 3.02. The Kier molecular flexibility index (Phi) is 3.24. The van der Waals surface area contributed by atoms with E-state index < -0.39 is 5.82 Å². The van der Waals surface area contributed by atoms with E-state index in [0.717, 1.165) is 0 Å². The molecule has 0 saturated heterocycles. The van der Waals surface area contributed by atoms with E-state index in [4.69, 9.17) is 23.2 Å². The third-order valence-corrected chi connectivity index (χ3v) is 3.49. The van der Waals surface area contributed by atoms with Gasteiger partial charge >= 0.3 is 0 Å². The molecule has 0 atom stereocenters. The number of anilines is 1. The Bertz CT molecular complexity index is 756. The van der Waals surface area contributed by atoms with Crippen LogP contribution in [0.4, 0.5) is 10.1 Å². The summed E-state index contributed by atoms with van der Waals surface area (Å²) in [7, 11) is 0. The molecule has 0 radical (unpaired) electrons. The minimum absolute atomic E-state index is 0.269. The van der Waals surface area contributed by atoms with Gasteiger partial charge in [-0.1, -0.05) is 29.3 Å². The minimum Gasteiger partial charge on any atom is -0.321 e. The number of halogens is 3. The van der Waals surface area contributed by atoms with Crippen molar-refractivity contribution < 1.29 is 9.18 Å². The van der Waals surface area contributed by atoms with E-state index in [1.165, 1.54) is 24.3 Å². The zero-order valence-corrected chi connectivity index (χ0v) is 11.6. The predicted octanol–water partition coefficient (Wildman–Crippen LogP) is 4.63. The lowest BCUT2D eigenvalue weighted by atomic mass is 10.0. The van der Waals surface area contributed by atoms with Crippen molar-refractivity contribution in [2.75, 3.05) is 5.32 Å². The van der Waals surface area contributed by atoms with Crippen LogP contribution in [0.5, 0.6) is 0 Å². The van der Waals surface area contributed by atoms with Crippen molar-refractivity contribution in [3.8, 4) is 0 Å². The molecule has 0 spiro atoms. The molecule has 0 saturated carbocycles. The quantitative estimate of drug-likeness (QED) is 0.765. The molecule has 0 aromatic heterocycles. The van der Waals surface area contributed by atoms with Crippen molar-refractivity contribution in [1.29, 1.82) is 0 Å². The molecule has 1 aliphatic rings. The summed E-state index contributed by atoms with van der Waals surface area (Å²) in [6.07, 6.45) is 1.48. The van der Waals surface area contributed by atoms with Crippen LogP contribution in [-0.4, -0.2) is 5.91 Å². The van der Waals surface area contributed by atoms with Crippen LogP contribution in [0.1, 0.15) is 11.1 Å². The number of benzene rings is 2. The van der Waals surface area contributed by atoms with Gasteiger partial charge in [0.15, 0.2) is 0 Å². The van der Waals surface area contributed by atoms with Crippen LogP contribution < -0.4 is 5.32 Å². The van der Waals surface area contributed by atoms with Crippen molar-refractivity contribution in [3.63, 3.8) is 0 Å². The standard InChI is InChI=1S/C15H8Cl2FNO/c16-9-2-4-13(18)8(5-9)6-12-11-3-1-10(17)7-14(11)19-15(12)20/h1-7H,(H,19,20)/b12-6-. The van der Waals surface area contributed by atoms with Crippen LogP contribution >= 0.6 is 23.2 Å². The maximum absolute atomic E-state index is 13.7. The monoisotopic (exact) mass is 307 g/mol. The van der Waals surface area contributed by atoms with Gasteiger partial charge in [0.25, 0.3) is 5.91 Å². The molecule has 1 amide bonds. The Balaban J connectivity index is 2.13. The summed E-state index contributed by atoms with van der Waals surface area (Å²) >= 11 is 11.7. The molecular weight excluding hydrogens is 300 g/mol. The lowest BCUT2D eigenvalue weighted by molar-refractivity contribution is -0.110. The number of rotatable bonds is 1. The highest BCUT2D eigenvalue weighted by Gasteiger charge is 2.24. The smallest absolute Gasteiger partial charge is 0.256 e. The fraction of sp³-hybridized carbons (Fsp3) is 0. The van der Waals surface area contributed by atoms with Gasteiger partial charge in [-0.3, -0.25) is 4.79 Å². The first-order valence-corrected chi connectivity index (χ1v) is 6.58. The lowest BCUT2D eigenvalue weighted by Gasteiger charge is -2.01. The molecule has 0 aliphatic carbocycles. The number of fused-ring (bicyclic) bond motifs is 1. The Hall–Kier alpha value is -1.84. The molecule has 20 heavy (non-hydrogen) atoms. The van der Waals surface area contributed by atoms with Crippen molar-refractivity contribution in [3.05, 3.63) is 63.4 Å². The van der Waals surface area contributed by atoms with Crippen molar-refractivity contribution in [2.24, 2.45) is 0 Å². The van der Waals surface area contributed by atoms with Crippen LogP contribution in [0.25, 0.3) is 11.6 Å². The SMILES string of the molecule is O=C1Nc2cc(Cl)ccc2/C1=C/c1cc(Cl)ccc1F. The molecule has 0 unspecified atom stereocenters. The second-order valence-electron chi connectivity index (χ2n) is 4.37. The molecule has 2 aromatic rings. The number of carbonyl (C=O) groups is 1. The molecule has 1 heterocycles. The number of amides is 1. The van der Waals surface area contributed by atoms with Crippen LogP contribution in [0, 0.1) is 5.82 Å².